The summed E-state index contributed by atoms with van der Waals surface area (Å²) in [5, 5.41) is 27.1. The Morgan fingerprint density at radius 1 is 1.36 bits per heavy atom. The van der Waals surface area contributed by atoms with Gasteiger partial charge in [-0.15, -0.1) is 0 Å². The number of hydrogen-bond acceptors (Lipinski definition) is 6. The van der Waals surface area contributed by atoms with E-state index in [-0.39, 0.29) is 24.9 Å². The van der Waals surface area contributed by atoms with Gasteiger partial charge in [-0.05, 0) is 36.8 Å². The number of ether oxygens (including phenoxy) is 2. The van der Waals surface area contributed by atoms with Crippen molar-refractivity contribution in [2.45, 2.75) is 53.1 Å². The molecule has 4 N–H and O–H groups in total. The van der Waals surface area contributed by atoms with Crippen molar-refractivity contribution in [3.63, 3.8) is 0 Å². The highest BCUT2D eigenvalue weighted by atomic mass is 35.6. The third-order valence-corrected chi connectivity index (χ3v) is 7.72. The molecule has 2 bridgehead atoms. The number of nitrogens with one attached hydrogen (secondary N) is 2. The molecule has 0 aromatic heterocycles. The van der Waals surface area contributed by atoms with Crippen LogP contribution in [0.3, 0.4) is 0 Å². The van der Waals surface area contributed by atoms with Crippen LogP contribution in [0.4, 0.5) is 10.5 Å². The van der Waals surface area contributed by atoms with E-state index in [9.17, 15) is 19.8 Å². The van der Waals surface area contributed by atoms with Crippen LogP contribution in [-0.2, 0) is 19.7 Å². The maximum atomic E-state index is 13.4. The highest BCUT2D eigenvalue weighted by Crippen LogP contribution is 2.54. The van der Waals surface area contributed by atoms with Gasteiger partial charge in [0.1, 0.15) is 12.0 Å². The van der Waals surface area contributed by atoms with Crippen LogP contribution in [0.2, 0.25) is 0 Å². The normalized spacial score (nSPS) is 32.6. The van der Waals surface area contributed by atoms with Gasteiger partial charge in [-0.1, -0.05) is 59.9 Å². The number of benzene rings is 1. The minimum atomic E-state index is -1.77. The molecule has 3 aliphatic heterocycles. The van der Waals surface area contributed by atoms with Crippen LogP contribution >= 0.6 is 34.8 Å². The number of aliphatic hydroxyl groups is 2. The molecule has 1 spiro atoms. The number of anilines is 1. The third-order valence-electron chi connectivity index (χ3n) is 7.39. The smallest absolute Gasteiger partial charge is 0.407 e. The predicted octanol–water partition coefficient (Wildman–Crippen LogP) is 2.90. The first kappa shape index (κ1) is 24.8. The second kappa shape index (κ2) is 9.06. The van der Waals surface area contributed by atoms with Gasteiger partial charge in [-0.2, -0.15) is 0 Å². The zero-order chi connectivity index (χ0) is 24.0. The minimum Gasteiger partial charge on any atom is -0.445 e. The van der Waals surface area contributed by atoms with Crippen LogP contribution < -0.4 is 10.6 Å². The van der Waals surface area contributed by atoms with Crippen molar-refractivity contribution in [3.05, 3.63) is 29.8 Å². The molecule has 8 nitrogen and oxygen atoms in total. The first-order valence-corrected chi connectivity index (χ1v) is 12.0. The van der Waals surface area contributed by atoms with Crippen molar-refractivity contribution in [2.24, 2.45) is 11.8 Å². The fourth-order valence-corrected chi connectivity index (χ4v) is 5.82. The Balaban J connectivity index is 1.73. The van der Waals surface area contributed by atoms with E-state index in [1.807, 2.05) is 24.3 Å². The van der Waals surface area contributed by atoms with Gasteiger partial charge in [0.25, 0.3) is 0 Å². The lowest BCUT2D eigenvalue weighted by Crippen LogP contribution is -2.54. The number of carbonyl (C=O) groups excluding carboxylic acids is 2. The minimum absolute atomic E-state index is 0.199. The van der Waals surface area contributed by atoms with Gasteiger partial charge in [0, 0.05) is 17.6 Å². The summed E-state index contributed by atoms with van der Waals surface area (Å²) in [7, 11) is 0. The van der Waals surface area contributed by atoms with Crippen LogP contribution in [-0.4, -0.2) is 63.6 Å². The molecular formula is C22H27Cl3N2O6. The second-order valence-corrected chi connectivity index (χ2v) is 11.6. The van der Waals surface area contributed by atoms with Crippen molar-refractivity contribution >= 4 is 52.5 Å². The van der Waals surface area contributed by atoms with Gasteiger partial charge in [-0.3, -0.25) is 4.79 Å². The fraction of sp³-hybridized carbons (Fsp3) is 0.636. The average Bonchev–Trinajstić information content (AvgIpc) is 2.89. The van der Waals surface area contributed by atoms with Crippen molar-refractivity contribution in [3.8, 4) is 0 Å². The molecule has 3 heterocycles. The molecule has 1 saturated carbocycles. The molecule has 11 heteroatoms. The zero-order valence-electron chi connectivity index (χ0n) is 18.0. The Labute approximate surface area is 206 Å². The molecule has 2 amide bonds. The molecule has 33 heavy (non-hydrogen) atoms. The van der Waals surface area contributed by atoms with Crippen LogP contribution in [0.25, 0.3) is 0 Å². The molecule has 6 atom stereocenters. The number of amides is 2. The van der Waals surface area contributed by atoms with Crippen LogP contribution in [0.5, 0.6) is 0 Å². The lowest BCUT2D eigenvalue weighted by Gasteiger charge is -2.45. The SMILES string of the molecule is CC[C@@](O)(CO)[C@@H]1C[C@@H]2OC[C@@H]1[C@@H](NC(=O)OCC(Cl)(Cl)Cl)C[C@@]21C(=O)Nc2ccccc21. The molecule has 182 valence electrons. The lowest BCUT2D eigenvalue weighted by molar-refractivity contribution is -0.153. The number of aliphatic hydroxyl groups excluding tert-OH is 1. The van der Waals surface area contributed by atoms with Gasteiger partial charge in [0.2, 0.25) is 9.70 Å². The van der Waals surface area contributed by atoms with Crippen molar-refractivity contribution in [1.82, 2.24) is 5.32 Å². The number of halogens is 3. The number of rotatable bonds is 5. The van der Waals surface area contributed by atoms with E-state index in [1.54, 1.807) is 6.92 Å². The number of carbonyl (C=O) groups is 2. The summed E-state index contributed by atoms with van der Waals surface area (Å²) in [6.45, 7) is 1.09. The Kier molecular flexibility index (Phi) is 6.81. The van der Waals surface area contributed by atoms with Gasteiger partial charge in [-0.25, -0.2) is 4.79 Å². The summed E-state index contributed by atoms with van der Waals surface area (Å²) in [6.07, 6.45) is -0.469. The number of alkyl halides is 3. The molecule has 1 aromatic carbocycles. The summed E-state index contributed by atoms with van der Waals surface area (Å²) in [5.74, 6) is -1.02. The van der Waals surface area contributed by atoms with E-state index in [0.29, 0.717) is 18.5 Å². The van der Waals surface area contributed by atoms with E-state index in [2.05, 4.69) is 10.6 Å². The van der Waals surface area contributed by atoms with Gasteiger partial charge in [0.05, 0.1) is 24.9 Å². The van der Waals surface area contributed by atoms with E-state index < -0.39 is 52.2 Å². The standard InChI is InChI=1S/C22H27Cl3N2O6/c1-2-20(31,10-28)14-7-17-21(13-5-3-4-6-15(13)26-18(21)29)8-16(12(14)9-32-17)27-19(30)33-11-22(23,24)25/h3-6,12,14,16-17,28,31H,2,7-11H2,1H3,(H,26,29)(H,27,30)/t12-,14+,16-,17-,20+,21-/m0/s1. The van der Waals surface area contributed by atoms with Crippen molar-refractivity contribution in [2.75, 3.05) is 25.1 Å². The topological polar surface area (TPSA) is 117 Å². The monoisotopic (exact) mass is 520 g/mol. The third kappa shape index (κ3) is 4.42. The molecule has 2 saturated heterocycles. The van der Waals surface area contributed by atoms with Crippen LogP contribution in [0.15, 0.2) is 24.3 Å². The Morgan fingerprint density at radius 3 is 2.76 bits per heavy atom. The quantitative estimate of drug-likeness (QED) is 0.443. The molecule has 0 radical (unpaired) electrons. The summed E-state index contributed by atoms with van der Waals surface area (Å²) in [5.41, 5.74) is -0.990. The molecule has 5 rings (SSSR count). The maximum absolute atomic E-state index is 13.4. The molecule has 1 aromatic rings. The number of hydrogen-bond donors (Lipinski definition) is 4. The van der Waals surface area contributed by atoms with E-state index in [1.165, 1.54) is 0 Å². The van der Waals surface area contributed by atoms with Crippen LogP contribution in [0.1, 0.15) is 31.7 Å². The predicted molar refractivity (Wildman–Crippen MR) is 124 cm³/mol. The van der Waals surface area contributed by atoms with E-state index in [0.717, 1.165) is 5.56 Å². The lowest BCUT2D eigenvalue weighted by atomic mass is 9.70. The highest BCUT2D eigenvalue weighted by molar-refractivity contribution is 6.67. The molecule has 4 aliphatic rings. The largest absolute Gasteiger partial charge is 0.445 e. The Hall–Kier alpha value is -1.29. The van der Waals surface area contributed by atoms with Crippen molar-refractivity contribution < 1.29 is 29.3 Å². The first-order chi connectivity index (χ1) is 15.5. The molecular weight excluding hydrogens is 495 g/mol. The van der Waals surface area contributed by atoms with E-state index in [4.69, 9.17) is 44.3 Å². The average molecular weight is 522 g/mol. The van der Waals surface area contributed by atoms with Gasteiger partial charge >= 0.3 is 6.09 Å². The second-order valence-electron chi connectivity index (χ2n) is 9.06. The summed E-state index contributed by atoms with van der Waals surface area (Å²) in [4.78, 5) is 26.0. The Bertz CT molecular complexity index is 922. The van der Waals surface area contributed by atoms with Crippen LogP contribution in [0, 0.1) is 11.8 Å². The Morgan fingerprint density at radius 2 is 2.09 bits per heavy atom. The van der Waals surface area contributed by atoms with Gasteiger partial charge in [0.15, 0.2) is 0 Å². The fourth-order valence-electron chi connectivity index (χ4n) is 5.65. The summed E-state index contributed by atoms with van der Waals surface area (Å²) < 4.78 is 9.51. The number of para-hydroxylation sites is 1. The first-order valence-electron chi connectivity index (χ1n) is 10.9. The molecule has 3 fully saturated rings. The number of fused-ring (bicyclic) bond motifs is 4. The molecule has 1 aliphatic carbocycles. The number of alkyl carbamates (subject to hydrolysis) is 1. The van der Waals surface area contributed by atoms with E-state index >= 15 is 0 Å². The maximum Gasteiger partial charge on any atom is 0.407 e. The zero-order valence-corrected chi connectivity index (χ0v) is 20.3. The summed E-state index contributed by atoms with van der Waals surface area (Å²) >= 11 is 17.1. The van der Waals surface area contributed by atoms with Gasteiger partial charge < -0.3 is 30.3 Å². The highest BCUT2D eigenvalue weighted by Gasteiger charge is 2.62. The molecule has 0 unspecified atom stereocenters. The van der Waals surface area contributed by atoms with Crippen molar-refractivity contribution in [1.29, 1.82) is 0 Å². The summed E-state index contributed by atoms with van der Waals surface area (Å²) in [6, 6.07) is 6.78.